The Balaban J connectivity index is 2.11. The molecule has 140 valence electrons. The molecule has 7 heteroatoms. The Morgan fingerprint density at radius 1 is 1.11 bits per heavy atom. The average molecular weight is 382 g/mol. The number of rotatable bonds is 3. The molecule has 0 amide bonds. The molecule has 0 aliphatic heterocycles. The summed E-state index contributed by atoms with van der Waals surface area (Å²) in [5.41, 5.74) is 8.04. The molecule has 6 nitrogen and oxygen atoms in total. The van der Waals surface area contributed by atoms with Gasteiger partial charge < -0.3 is 4.42 Å². The molecule has 0 aromatic carbocycles. The molecule has 0 bridgehead atoms. The molecule has 0 spiro atoms. The van der Waals surface area contributed by atoms with E-state index in [1.165, 1.54) is 11.1 Å². The fourth-order valence-electron chi connectivity index (χ4n) is 3.39. The van der Waals surface area contributed by atoms with Crippen molar-refractivity contribution in [2.45, 2.75) is 46.4 Å². The second kappa shape index (κ2) is 6.27. The lowest BCUT2D eigenvalue weighted by Crippen LogP contribution is -2.03. The summed E-state index contributed by atoms with van der Waals surface area (Å²) in [6.07, 6.45) is 1.74. The van der Waals surface area contributed by atoms with Crippen molar-refractivity contribution in [3.63, 3.8) is 0 Å². The van der Waals surface area contributed by atoms with Crippen LogP contribution < -0.4 is 0 Å². The Kier molecular flexibility index (Phi) is 4.14. The van der Waals surface area contributed by atoms with Crippen LogP contribution in [-0.2, 0) is 10.8 Å². The maximum absolute atomic E-state index is 13.0. The van der Waals surface area contributed by atoms with Gasteiger partial charge in [0, 0.05) is 17.6 Å². The number of fused-ring (bicyclic) bond motifs is 2. The van der Waals surface area contributed by atoms with Crippen LogP contribution in [0.5, 0.6) is 0 Å². The first-order chi connectivity index (χ1) is 12.8. The molecular formula is C20H22N4O2S. The van der Waals surface area contributed by atoms with Crippen molar-refractivity contribution in [1.29, 1.82) is 0 Å². The Hall–Kier alpha value is -2.54. The standard InChI is InChI=1S/C20H22N4O2S/c1-7-27(25)18-16(20-22-15-8-10(2)9-21-19(15)26-20)23-24-14(6)12(4)11(3)13(5)17(18)24/h8-9H,7H2,1-6H3. The highest BCUT2D eigenvalue weighted by Crippen LogP contribution is 2.34. The smallest absolute Gasteiger partial charge is 0.251 e. The summed E-state index contributed by atoms with van der Waals surface area (Å²) in [5.74, 6) is 0.856. The highest BCUT2D eigenvalue weighted by atomic mass is 32.2. The van der Waals surface area contributed by atoms with Crippen molar-refractivity contribution < 1.29 is 8.63 Å². The molecule has 4 rings (SSSR count). The Labute approximate surface area is 160 Å². The molecule has 0 fully saturated rings. The summed E-state index contributed by atoms with van der Waals surface area (Å²) in [7, 11) is -1.21. The SMILES string of the molecule is CCS(=O)c1c(-c2nc3cc(C)cnc3o2)nn2c(C)c(C)c(C)c(C)c12. The highest BCUT2D eigenvalue weighted by molar-refractivity contribution is 7.85. The number of hydrogen-bond acceptors (Lipinski definition) is 5. The molecule has 0 aliphatic rings. The lowest BCUT2D eigenvalue weighted by Gasteiger charge is -2.12. The van der Waals surface area contributed by atoms with Crippen molar-refractivity contribution in [2.75, 3.05) is 5.75 Å². The van der Waals surface area contributed by atoms with Gasteiger partial charge in [0.2, 0.25) is 5.71 Å². The van der Waals surface area contributed by atoms with Gasteiger partial charge in [-0.2, -0.15) is 5.10 Å². The van der Waals surface area contributed by atoms with Gasteiger partial charge in [0.15, 0.2) is 5.69 Å². The molecular weight excluding hydrogens is 360 g/mol. The van der Waals surface area contributed by atoms with Crippen molar-refractivity contribution in [2.24, 2.45) is 0 Å². The van der Waals surface area contributed by atoms with Crippen molar-refractivity contribution in [3.05, 3.63) is 40.2 Å². The van der Waals surface area contributed by atoms with Gasteiger partial charge in [-0.25, -0.2) is 14.5 Å². The number of oxazole rings is 1. The molecule has 0 saturated carbocycles. The van der Waals surface area contributed by atoms with E-state index in [0.717, 1.165) is 22.3 Å². The third kappa shape index (κ3) is 2.60. The number of aryl methyl sites for hydroxylation is 3. The quantitative estimate of drug-likeness (QED) is 0.531. The predicted octanol–water partition coefficient (Wildman–Crippen LogP) is 4.21. The van der Waals surface area contributed by atoms with Gasteiger partial charge in [-0.3, -0.25) is 4.21 Å². The number of pyridine rings is 2. The maximum atomic E-state index is 13.0. The van der Waals surface area contributed by atoms with Crippen LogP contribution in [0.25, 0.3) is 28.3 Å². The third-order valence-corrected chi connectivity index (χ3v) is 6.63. The fourth-order valence-corrected chi connectivity index (χ4v) is 4.48. The van der Waals surface area contributed by atoms with E-state index < -0.39 is 10.8 Å². The molecule has 1 atom stereocenters. The molecule has 0 N–H and O–H groups in total. The number of nitrogens with zero attached hydrogens (tertiary/aromatic N) is 4. The molecule has 0 aliphatic carbocycles. The van der Waals surface area contributed by atoms with Crippen LogP contribution in [0.3, 0.4) is 0 Å². The first-order valence-corrected chi connectivity index (χ1v) is 10.3. The summed E-state index contributed by atoms with van der Waals surface area (Å²) in [5, 5.41) is 4.77. The predicted molar refractivity (Wildman–Crippen MR) is 107 cm³/mol. The molecule has 0 radical (unpaired) electrons. The van der Waals surface area contributed by atoms with E-state index in [0.29, 0.717) is 33.5 Å². The summed E-state index contributed by atoms with van der Waals surface area (Å²) < 4.78 is 20.7. The van der Waals surface area contributed by atoms with E-state index in [1.54, 1.807) is 6.20 Å². The van der Waals surface area contributed by atoms with E-state index in [4.69, 9.17) is 9.52 Å². The molecule has 4 aromatic rings. The number of hydrogen-bond donors (Lipinski definition) is 0. The first kappa shape index (κ1) is 17.9. The minimum atomic E-state index is -1.21. The molecule has 1 unspecified atom stereocenters. The van der Waals surface area contributed by atoms with Gasteiger partial charge >= 0.3 is 0 Å². The second-order valence-corrected chi connectivity index (χ2v) is 8.57. The molecule has 4 heterocycles. The lowest BCUT2D eigenvalue weighted by atomic mass is 10.0. The van der Waals surface area contributed by atoms with Gasteiger partial charge in [-0.1, -0.05) is 6.92 Å². The minimum Gasteiger partial charge on any atom is -0.416 e. The van der Waals surface area contributed by atoms with Gasteiger partial charge in [0.25, 0.3) is 5.89 Å². The van der Waals surface area contributed by atoms with Crippen molar-refractivity contribution >= 4 is 27.5 Å². The summed E-state index contributed by atoms with van der Waals surface area (Å²) in [6.45, 7) is 12.1. The molecule has 0 saturated heterocycles. The average Bonchev–Trinajstić information content (AvgIpc) is 3.25. The maximum Gasteiger partial charge on any atom is 0.251 e. The summed E-state index contributed by atoms with van der Waals surface area (Å²) in [6, 6.07) is 1.92. The zero-order valence-corrected chi connectivity index (χ0v) is 17.2. The van der Waals surface area contributed by atoms with Crippen LogP contribution in [0.1, 0.15) is 34.9 Å². The zero-order valence-electron chi connectivity index (χ0n) is 16.4. The van der Waals surface area contributed by atoms with Gasteiger partial charge in [0.1, 0.15) is 5.52 Å². The van der Waals surface area contributed by atoms with Crippen LogP contribution in [0.2, 0.25) is 0 Å². The summed E-state index contributed by atoms with van der Waals surface area (Å²) >= 11 is 0. The van der Waals surface area contributed by atoms with Gasteiger partial charge in [0.05, 0.1) is 21.2 Å². The second-order valence-electron chi connectivity index (χ2n) is 6.89. The van der Waals surface area contributed by atoms with Crippen LogP contribution in [0.4, 0.5) is 0 Å². The minimum absolute atomic E-state index is 0.359. The van der Waals surface area contributed by atoms with Crippen molar-refractivity contribution in [3.8, 4) is 11.6 Å². The number of aromatic nitrogens is 4. The zero-order chi connectivity index (χ0) is 19.5. The summed E-state index contributed by atoms with van der Waals surface area (Å²) in [4.78, 5) is 9.57. The van der Waals surface area contributed by atoms with E-state index in [1.807, 2.05) is 31.4 Å². The van der Waals surface area contributed by atoms with E-state index in [-0.39, 0.29) is 0 Å². The van der Waals surface area contributed by atoms with Gasteiger partial charge in [-0.05, 0) is 62.9 Å². The van der Waals surface area contributed by atoms with Crippen molar-refractivity contribution in [1.82, 2.24) is 19.6 Å². The van der Waals surface area contributed by atoms with E-state index in [9.17, 15) is 4.21 Å². The largest absolute Gasteiger partial charge is 0.416 e. The Morgan fingerprint density at radius 3 is 2.56 bits per heavy atom. The van der Waals surface area contributed by atoms with Crippen LogP contribution in [0.15, 0.2) is 21.6 Å². The fraction of sp³-hybridized carbons (Fsp3) is 0.350. The Morgan fingerprint density at radius 2 is 1.85 bits per heavy atom. The van der Waals surface area contributed by atoms with Crippen LogP contribution in [0, 0.1) is 34.6 Å². The van der Waals surface area contributed by atoms with Crippen LogP contribution >= 0.6 is 0 Å². The monoisotopic (exact) mass is 382 g/mol. The molecule has 27 heavy (non-hydrogen) atoms. The van der Waals surface area contributed by atoms with Crippen LogP contribution in [-0.4, -0.2) is 29.5 Å². The van der Waals surface area contributed by atoms with Gasteiger partial charge in [-0.15, -0.1) is 0 Å². The topological polar surface area (TPSA) is 73.3 Å². The highest BCUT2D eigenvalue weighted by Gasteiger charge is 2.26. The lowest BCUT2D eigenvalue weighted by molar-refractivity contribution is 0.601. The van der Waals surface area contributed by atoms with E-state index >= 15 is 0 Å². The normalized spacial score (nSPS) is 13.0. The first-order valence-electron chi connectivity index (χ1n) is 8.94. The Bertz CT molecular complexity index is 1240. The van der Waals surface area contributed by atoms with E-state index in [2.05, 4.69) is 30.7 Å². The third-order valence-electron chi connectivity index (χ3n) is 5.26. The molecule has 4 aromatic heterocycles.